The third kappa shape index (κ3) is 3.05. The SMILES string of the molecule is NC(=O)[C@@H](c1ccc(F)cc1)n1nnc(-c2cccc(F)c2)n1. The first-order chi connectivity index (χ1) is 11.0. The van der Waals surface area contributed by atoms with E-state index < -0.39 is 23.6 Å². The normalized spacial score (nSPS) is 12.1. The lowest BCUT2D eigenvalue weighted by Gasteiger charge is -2.11. The van der Waals surface area contributed by atoms with Crippen molar-refractivity contribution in [3.05, 3.63) is 65.7 Å². The quantitative estimate of drug-likeness (QED) is 0.794. The standard InChI is InChI=1S/C15H11F2N5O/c16-11-6-4-9(5-7-11)13(14(18)23)22-20-15(19-21-22)10-2-1-3-12(17)8-10/h1-8,13H,(H2,18,23)/t13-/m1/s1. The van der Waals surface area contributed by atoms with Crippen molar-refractivity contribution in [1.29, 1.82) is 0 Å². The van der Waals surface area contributed by atoms with Gasteiger partial charge in [-0.25, -0.2) is 8.78 Å². The zero-order valence-corrected chi connectivity index (χ0v) is 11.7. The Hall–Kier alpha value is -3.16. The van der Waals surface area contributed by atoms with Gasteiger partial charge in [-0.05, 0) is 35.0 Å². The van der Waals surface area contributed by atoms with Gasteiger partial charge in [0.15, 0.2) is 6.04 Å². The zero-order valence-electron chi connectivity index (χ0n) is 11.7. The molecular formula is C15H11F2N5O. The van der Waals surface area contributed by atoms with Gasteiger partial charge >= 0.3 is 0 Å². The molecular weight excluding hydrogens is 304 g/mol. The van der Waals surface area contributed by atoms with Crippen molar-refractivity contribution in [2.45, 2.75) is 6.04 Å². The molecule has 0 spiro atoms. The highest BCUT2D eigenvalue weighted by Crippen LogP contribution is 2.19. The highest BCUT2D eigenvalue weighted by molar-refractivity contribution is 5.81. The molecule has 116 valence electrons. The molecule has 1 atom stereocenters. The summed E-state index contributed by atoms with van der Waals surface area (Å²) in [5.74, 6) is -1.45. The number of nitrogens with two attached hydrogens (primary N) is 1. The van der Waals surface area contributed by atoms with Gasteiger partial charge in [-0.3, -0.25) is 4.79 Å². The van der Waals surface area contributed by atoms with Gasteiger partial charge in [0.25, 0.3) is 0 Å². The molecule has 1 amide bonds. The van der Waals surface area contributed by atoms with Gasteiger partial charge in [0.1, 0.15) is 11.6 Å². The molecule has 0 aliphatic rings. The maximum atomic E-state index is 13.3. The van der Waals surface area contributed by atoms with E-state index in [0.717, 1.165) is 4.80 Å². The molecule has 0 saturated heterocycles. The fourth-order valence-corrected chi connectivity index (χ4v) is 2.13. The van der Waals surface area contributed by atoms with Gasteiger partial charge in [-0.2, -0.15) is 0 Å². The van der Waals surface area contributed by atoms with Crippen LogP contribution in [0.2, 0.25) is 0 Å². The van der Waals surface area contributed by atoms with Gasteiger partial charge in [0, 0.05) is 5.56 Å². The van der Waals surface area contributed by atoms with E-state index in [2.05, 4.69) is 15.4 Å². The highest BCUT2D eigenvalue weighted by Gasteiger charge is 2.23. The van der Waals surface area contributed by atoms with Crippen LogP contribution >= 0.6 is 0 Å². The maximum absolute atomic E-state index is 13.3. The lowest BCUT2D eigenvalue weighted by molar-refractivity contribution is -0.120. The summed E-state index contributed by atoms with van der Waals surface area (Å²) < 4.78 is 26.3. The lowest BCUT2D eigenvalue weighted by atomic mass is 10.1. The molecule has 8 heteroatoms. The molecule has 0 aliphatic carbocycles. The largest absolute Gasteiger partial charge is 0.367 e. The highest BCUT2D eigenvalue weighted by atomic mass is 19.1. The smallest absolute Gasteiger partial charge is 0.248 e. The van der Waals surface area contributed by atoms with Crippen LogP contribution in [0.5, 0.6) is 0 Å². The summed E-state index contributed by atoms with van der Waals surface area (Å²) in [4.78, 5) is 12.7. The molecule has 0 fully saturated rings. The third-order valence-corrected chi connectivity index (χ3v) is 3.20. The van der Waals surface area contributed by atoms with E-state index in [1.54, 1.807) is 6.07 Å². The van der Waals surface area contributed by atoms with Gasteiger partial charge in [0.05, 0.1) is 0 Å². The van der Waals surface area contributed by atoms with Crippen LogP contribution in [0.3, 0.4) is 0 Å². The second-order valence-corrected chi connectivity index (χ2v) is 4.80. The molecule has 0 saturated carbocycles. The minimum absolute atomic E-state index is 0.151. The van der Waals surface area contributed by atoms with Crippen LogP contribution in [-0.4, -0.2) is 26.1 Å². The number of carbonyl (C=O) groups is 1. The van der Waals surface area contributed by atoms with Crippen molar-refractivity contribution >= 4 is 5.91 Å². The topological polar surface area (TPSA) is 86.7 Å². The number of tetrazole rings is 1. The van der Waals surface area contributed by atoms with E-state index in [9.17, 15) is 13.6 Å². The van der Waals surface area contributed by atoms with E-state index in [1.807, 2.05) is 0 Å². The molecule has 3 rings (SSSR count). The van der Waals surface area contributed by atoms with E-state index in [-0.39, 0.29) is 5.82 Å². The van der Waals surface area contributed by atoms with Gasteiger partial charge in [0.2, 0.25) is 11.7 Å². The molecule has 1 heterocycles. The minimum atomic E-state index is -1.04. The molecule has 3 aromatic rings. The summed E-state index contributed by atoms with van der Waals surface area (Å²) in [6, 6.07) is 9.86. The molecule has 0 radical (unpaired) electrons. The number of aromatic nitrogens is 4. The van der Waals surface area contributed by atoms with E-state index in [4.69, 9.17) is 5.73 Å². The van der Waals surface area contributed by atoms with E-state index in [1.165, 1.54) is 42.5 Å². The second-order valence-electron chi connectivity index (χ2n) is 4.80. The summed E-state index contributed by atoms with van der Waals surface area (Å²) in [7, 11) is 0. The molecule has 1 aromatic heterocycles. The maximum Gasteiger partial charge on any atom is 0.248 e. The van der Waals surface area contributed by atoms with Crippen molar-refractivity contribution in [3.8, 4) is 11.4 Å². The molecule has 0 aliphatic heterocycles. The third-order valence-electron chi connectivity index (χ3n) is 3.20. The molecule has 6 nitrogen and oxygen atoms in total. The summed E-state index contributed by atoms with van der Waals surface area (Å²) in [6.07, 6.45) is 0. The van der Waals surface area contributed by atoms with Crippen LogP contribution in [0.15, 0.2) is 48.5 Å². The number of nitrogens with zero attached hydrogens (tertiary/aromatic N) is 4. The monoisotopic (exact) mass is 315 g/mol. The van der Waals surface area contributed by atoms with Crippen molar-refractivity contribution in [1.82, 2.24) is 20.2 Å². The average molecular weight is 315 g/mol. The number of rotatable bonds is 4. The van der Waals surface area contributed by atoms with Crippen LogP contribution in [0.4, 0.5) is 8.78 Å². The number of amides is 1. The fraction of sp³-hybridized carbons (Fsp3) is 0.0667. The Morgan fingerprint density at radius 1 is 1.09 bits per heavy atom. The lowest BCUT2D eigenvalue weighted by Crippen LogP contribution is -2.29. The summed E-state index contributed by atoms with van der Waals surface area (Å²) in [5.41, 5.74) is 6.22. The predicted octanol–water partition coefficient (Wildman–Crippen LogP) is 1.69. The Balaban J connectivity index is 1.99. The number of halogens is 2. The summed E-state index contributed by atoms with van der Waals surface area (Å²) >= 11 is 0. The number of primary amides is 1. The first-order valence-corrected chi connectivity index (χ1v) is 6.65. The van der Waals surface area contributed by atoms with Crippen LogP contribution in [0, 0.1) is 11.6 Å². The van der Waals surface area contributed by atoms with Gasteiger partial charge in [-0.1, -0.05) is 24.3 Å². The fourth-order valence-electron chi connectivity index (χ4n) is 2.13. The predicted molar refractivity (Wildman–Crippen MR) is 76.9 cm³/mol. The number of hydrogen-bond donors (Lipinski definition) is 1. The zero-order chi connectivity index (χ0) is 16.4. The van der Waals surface area contributed by atoms with Crippen molar-refractivity contribution in [2.75, 3.05) is 0 Å². The Bertz CT molecular complexity index is 847. The van der Waals surface area contributed by atoms with Crippen LogP contribution in [-0.2, 0) is 4.79 Å². The molecule has 23 heavy (non-hydrogen) atoms. The number of benzene rings is 2. The first-order valence-electron chi connectivity index (χ1n) is 6.65. The minimum Gasteiger partial charge on any atom is -0.367 e. The van der Waals surface area contributed by atoms with Gasteiger partial charge < -0.3 is 5.73 Å². The average Bonchev–Trinajstić information content (AvgIpc) is 2.99. The van der Waals surface area contributed by atoms with Crippen molar-refractivity contribution in [3.63, 3.8) is 0 Å². The summed E-state index contributed by atoms with van der Waals surface area (Å²) in [5, 5.41) is 11.7. The molecule has 0 bridgehead atoms. The van der Waals surface area contributed by atoms with Crippen LogP contribution in [0.1, 0.15) is 11.6 Å². The Labute approximate surface area is 129 Å². The molecule has 2 aromatic carbocycles. The summed E-state index contributed by atoms with van der Waals surface area (Å²) in [6.45, 7) is 0. The molecule has 2 N–H and O–H groups in total. The van der Waals surface area contributed by atoms with Gasteiger partial charge in [-0.15, -0.1) is 15.0 Å². The van der Waals surface area contributed by atoms with Crippen LogP contribution < -0.4 is 5.73 Å². The Morgan fingerprint density at radius 3 is 2.48 bits per heavy atom. The van der Waals surface area contributed by atoms with E-state index >= 15 is 0 Å². The molecule has 0 unspecified atom stereocenters. The number of hydrogen-bond acceptors (Lipinski definition) is 4. The van der Waals surface area contributed by atoms with Crippen molar-refractivity contribution in [2.24, 2.45) is 5.73 Å². The number of carbonyl (C=O) groups excluding carboxylic acids is 1. The van der Waals surface area contributed by atoms with Crippen molar-refractivity contribution < 1.29 is 13.6 Å². The Kier molecular flexibility index (Phi) is 3.80. The first kappa shape index (κ1) is 14.8. The van der Waals surface area contributed by atoms with Crippen LogP contribution in [0.25, 0.3) is 11.4 Å². The Morgan fingerprint density at radius 2 is 1.83 bits per heavy atom. The second kappa shape index (κ2) is 5.91. The van der Waals surface area contributed by atoms with E-state index in [0.29, 0.717) is 11.1 Å².